The number of benzene rings is 2. The van der Waals surface area contributed by atoms with Gasteiger partial charge in [-0.3, -0.25) is 9.69 Å². The number of anilines is 2. The highest BCUT2D eigenvalue weighted by Crippen LogP contribution is 2.23. The fourth-order valence-electron chi connectivity index (χ4n) is 3.83. The third-order valence-electron chi connectivity index (χ3n) is 5.36. The molecule has 27 heavy (non-hydrogen) atoms. The van der Waals surface area contributed by atoms with Gasteiger partial charge >= 0.3 is 0 Å². The molecule has 1 aliphatic heterocycles. The van der Waals surface area contributed by atoms with Crippen molar-refractivity contribution in [2.24, 2.45) is 0 Å². The summed E-state index contributed by atoms with van der Waals surface area (Å²) in [5.74, 6) is -0.188. The van der Waals surface area contributed by atoms with Crippen molar-refractivity contribution in [3.8, 4) is 0 Å². The Bertz CT molecular complexity index is 805. The highest BCUT2D eigenvalue weighted by Gasteiger charge is 2.27. The van der Waals surface area contributed by atoms with Crippen molar-refractivity contribution in [1.29, 1.82) is 0 Å². The predicted molar refractivity (Wildman–Crippen MR) is 109 cm³/mol. The highest BCUT2D eigenvalue weighted by molar-refractivity contribution is 5.96. The minimum absolute atomic E-state index is 0.00407. The van der Waals surface area contributed by atoms with E-state index in [-0.39, 0.29) is 17.8 Å². The van der Waals surface area contributed by atoms with Crippen LogP contribution in [-0.2, 0) is 4.79 Å². The van der Waals surface area contributed by atoms with Crippen LogP contribution in [0.2, 0.25) is 0 Å². The zero-order chi connectivity index (χ0) is 19.6. The lowest BCUT2D eigenvalue weighted by Gasteiger charge is -2.38. The van der Waals surface area contributed by atoms with Crippen molar-refractivity contribution in [3.63, 3.8) is 0 Å². The number of amides is 1. The second-order valence-electron chi connectivity index (χ2n) is 7.41. The van der Waals surface area contributed by atoms with E-state index in [0.29, 0.717) is 18.8 Å². The summed E-state index contributed by atoms with van der Waals surface area (Å²) in [6.45, 7) is 10.9. The molecule has 4 nitrogen and oxygen atoms in total. The van der Waals surface area contributed by atoms with Gasteiger partial charge in [0.2, 0.25) is 5.91 Å². The van der Waals surface area contributed by atoms with Gasteiger partial charge in [-0.25, -0.2) is 4.39 Å². The van der Waals surface area contributed by atoms with Gasteiger partial charge in [0.15, 0.2) is 0 Å². The molecular formula is C22H28FN3O. The van der Waals surface area contributed by atoms with Gasteiger partial charge in [-0.15, -0.1) is 0 Å². The Labute approximate surface area is 161 Å². The predicted octanol–water partition coefficient (Wildman–Crippen LogP) is 3.90. The molecule has 1 heterocycles. The van der Waals surface area contributed by atoms with E-state index in [1.54, 1.807) is 6.07 Å². The topological polar surface area (TPSA) is 35.6 Å². The Morgan fingerprint density at radius 2 is 1.63 bits per heavy atom. The summed E-state index contributed by atoms with van der Waals surface area (Å²) in [5, 5.41) is 3.10. The van der Waals surface area contributed by atoms with Crippen LogP contribution in [0.25, 0.3) is 0 Å². The number of carbonyl (C=O) groups is 1. The lowest BCUT2D eigenvalue weighted by molar-refractivity contribution is -0.120. The van der Waals surface area contributed by atoms with E-state index < -0.39 is 0 Å². The molecule has 0 radical (unpaired) electrons. The van der Waals surface area contributed by atoms with Crippen LogP contribution in [0, 0.1) is 26.6 Å². The summed E-state index contributed by atoms with van der Waals surface area (Å²) in [6.07, 6.45) is 0. The van der Waals surface area contributed by atoms with Crippen molar-refractivity contribution in [2.45, 2.75) is 33.7 Å². The Hall–Kier alpha value is -2.40. The molecule has 0 aromatic heterocycles. The summed E-state index contributed by atoms with van der Waals surface area (Å²) < 4.78 is 14.0. The number of aryl methyl sites for hydroxylation is 3. The SMILES string of the molecule is Cc1cc(C)c(NC(=O)C(C)N2CCN(c3ccccc3F)CC2)c(C)c1. The fourth-order valence-corrected chi connectivity index (χ4v) is 3.83. The van der Waals surface area contributed by atoms with Crippen LogP contribution in [0.15, 0.2) is 36.4 Å². The van der Waals surface area contributed by atoms with E-state index in [4.69, 9.17) is 0 Å². The van der Waals surface area contributed by atoms with Gasteiger partial charge in [-0.2, -0.15) is 0 Å². The number of halogens is 1. The first-order chi connectivity index (χ1) is 12.9. The molecule has 0 aliphatic carbocycles. The summed E-state index contributed by atoms with van der Waals surface area (Å²) in [4.78, 5) is 17.0. The lowest BCUT2D eigenvalue weighted by atomic mass is 10.0. The molecule has 1 N–H and O–H groups in total. The first-order valence-corrected chi connectivity index (χ1v) is 9.49. The zero-order valence-corrected chi connectivity index (χ0v) is 16.6. The smallest absolute Gasteiger partial charge is 0.241 e. The average molecular weight is 369 g/mol. The summed E-state index contributed by atoms with van der Waals surface area (Å²) in [7, 11) is 0. The number of para-hydroxylation sites is 1. The van der Waals surface area contributed by atoms with E-state index in [9.17, 15) is 9.18 Å². The molecule has 1 atom stereocenters. The standard InChI is InChI=1S/C22H28FN3O/c1-15-13-16(2)21(17(3)14-15)24-22(27)18(4)25-9-11-26(12-10-25)20-8-6-5-7-19(20)23/h5-8,13-14,18H,9-12H2,1-4H3,(H,24,27). The second-order valence-corrected chi connectivity index (χ2v) is 7.41. The molecule has 0 bridgehead atoms. The van der Waals surface area contributed by atoms with E-state index in [1.165, 1.54) is 11.6 Å². The van der Waals surface area contributed by atoms with Gasteiger partial charge in [-0.05, 0) is 51.0 Å². The molecule has 2 aromatic carbocycles. The number of rotatable bonds is 4. The maximum absolute atomic E-state index is 14.0. The largest absolute Gasteiger partial charge is 0.367 e. The van der Waals surface area contributed by atoms with Crippen LogP contribution in [0.3, 0.4) is 0 Å². The minimum Gasteiger partial charge on any atom is -0.367 e. The quantitative estimate of drug-likeness (QED) is 0.888. The van der Waals surface area contributed by atoms with E-state index in [2.05, 4.69) is 29.3 Å². The molecule has 5 heteroatoms. The molecule has 1 amide bonds. The summed E-state index contributed by atoms with van der Waals surface area (Å²) >= 11 is 0. The maximum atomic E-state index is 14.0. The second kappa shape index (κ2) is 8.09. The summed E-state index contributed by atoms with van der Waals surface area (Å²) in [5.41, 5.74) is 4.90. The number of hydrogen-bond acceptors (Lipinski definition) is 3. The third-order valence-corrected chi connectivity index (χ3v) is 5.36. The highest BCUT2D eigenvalue weighted by atomic mass is 19.1. The average Bonchev–Trinajstić information content (AvgIpc) is 2.64. The van der Waals surface area contributed by atoms with Crippen LogP contribution in [0.5, 0.6) is 0 Å². The minimum atomic E-state index is -0.229. The van der Waals surface area contributed by atoms with Gasteiger partial charge in [0.25, 0.3) is 0 Å². The Morgan fingerprint density at radius 3 is 2.22 bits per heavy atom. The molecule has 3 rings (SSSR count). The van der Waals surface area contributed by atoms with Gasteiger partial charge in [0.1, 0.15) is 5.82 Å². The maximum Gasteiger partial charge on any atom is 0.241 e. The van der Waals surface area contributed by atoms with Crippen molar-refractivity contribution in [3.05, 3.63) is 58.9 Å². The van der Waals surface area contributed by atoms with E-state index in [0.717, 1.165) is 29.9 Å². The molecule has 0 saturated carbocycles. The van der Waals surface area contributed by atoms with Gasteiger partial charge in [-0.1, -0.05) is 29.8 Å². The molecular weight excluding hydrogens is 341 g/mol. The number of nitrogens with one attached hydrogen (secondary N) is 1. The van der Waals surface area contributed by atoms with Crippen LogP contribution >= 0.6 is 0 Å². The number of hydrogen-bond donors (Lipinski definition) is 1. The van der Waals surface area contributed by atoms with Gasteiger partial charge < -0.3 is 10.2 Å². The molecule has 2 aromatic rings. The number of piperazine rings is 1. The lowest BCUT2D eigenvalue weighted by Crippen LogP contribution is -2.53. The van der Waals surface area contributed by atoms with Gasteiger partial charge in [0.05, 0.1) is 11.7 Å². The summed E-state index contributed by atoms with van der Waals surface area (Å²) in [6, 6.07) is 10.8. The van der Waals surface area contributed by atoms with Crippen molar-refractivity contribution in [2.75, 3.05) is 36.4 Å². The fraction of sp³-hybridized carbons (Fsp3) is 0.409. The Kier molecular flexibility index (Phi) is 5.80. The molecule has 0 spiro atoms. The number of nitrogens with zero attached hydrogens (tertiary/aromatic N) is 2. The third kappa shape index (κ3) is 4.30. The zero-order valence-electron chi connectivity index (χ0n) is 16.6. The monoisotopic (exact) mass is 369 g/mol. The molecule has 1 aliphatic rings. The molecule has 1 unspecified atom stereocenters. The molecule has 1 fully saturated rings. The van der Waals surface area contributed by atoms with Crippen LogP contribution in [-0.4, -0.2) is 43.0 Å². The van der Waals surface area contributed by atoms with E-state index >= 15 is 0 Å². The van der Waals surface area contributed by atoms with Crippen LogP contribution in [0.1, 0.15) is 23.6 Å². The number of carbonyl (C=O) groups excluding carboxylic acids is 1. The van der Waals surface area contributed by atoms with Crippen molar-refractivity contribution >= 4 is 17.3 Å². The van der Waals surface area contributed by atoms with Crippen LogP contribution < -0.4 is 10.2 Å². The Morgan fingerprint density at radius 1 is 1.04 bits per heavy atom. The Balaban J connectivity index is 1.61. The van der Waals surface area contributed by atoms with E-state index in [1.807, 2.05) is 37.8 Å². The normalized spacial score (nSPS) is 16.3. The van der Waals surface area contributed by atoms with Crippen LogP contribution in [0.4, 0.5) is 15.8 Å². The van der Waals surface area contributed by atoms with Crippen molar-refractivity contribution < 1.29 is 9.18 Å². The first kappa shape index (κ1) is 19.4. The molecule has 144 valence electrons. The first-order valence-electron chi connectivity index (χ1n) is 9.49. The molecule has 1 saturated heterocycles. The van der Waals surface area contributed by atoms with Gasteiger partial charge in [0, 0.05) is 31.9 Å². The van der Waals surface area contributed by atoms with Crippen molar-refractivity contribution in [1.82, 2.24) is 4.90 Å².